The summed E-state index contributed by atoms with van der Waals surface area (Å²) in [5.74, 6) is -0.292. The van der Waals surface area contributed by atoms with Crippen molar-refractivity contribution >= 4 is 17.3 Å². The van der Waals surface area contributed by atoms with Crippen molar-refractivity contribution in [3.63, 3.8) is 0 Å². The van der Waals surface area contributed by atoms with Gasteiger partial charge in [0.25, 0.3) is 0 Å². The number of nitrogens with one attached hydrogen (secondary N) is 2. The van der Waals surface area contributed by atoms with Crippen LogP contribution in [0.1, 0.15) is 25.7 Å². The fourth-order valence-electron chi connectivity index (χ4n) is 2.83. The summed E-state index contributed by atoms with van der Waals surface area (Å²) < 4.78 is 13.1. The maximum Gasteiger partial charge on any atom is 0.232 e. The third kappa shape index (κ3) is 1.68. The van der Waals surface area contributed by atoms with Gasteiger partial charge in [0.1, 0.15) is 5.82 Å². The van der Waals surface area contributed by atoms with Crippen molar-refractivity contribution in [3.8, 4) is 0 Å². The van der Waals surface area contributed by atoms with Crippen LogP contribution in [-0.2, 0) is 4.79 Å². The molecule has 2 N–H and O–H groups in total. The first kappa shape index (κ1) is 10.6. The molecule has 17 heavy (non-hydrogen) atoms. The van der Waals surface area contributed by atoms with E-state index in [4.69, 9.17) is 0 Å². The zero-order valence-electron chi connectivity index (χ0n) is 9.55. The third-order valence-corrected chi connectivity index (χ3v) is 3.89. The first-order valence-electron chi connectivity index (χ1n) is 6.05. The average Bonchev–Trinajstić information content (AvgIpc) is 2.73. The quantitative estimate of drug-likeness (QED) is 0.724. The Labute approximate surface area is 99.4 Å². The molecule has 3 rings (SSSR count). The zero-order valence-corrected chi connectivity index (χ0v) is 9.55. The van der Waals surface area contributed by atoms with E-state index in [2.05, 4.69) is 10.6 Å². The lowest BCUT2D eigenvalue weighted by molar-refractivity contribution is -0.124. The van der Waals surface area contributed by atoms with Crippen LogP contribution in [0.15, 0.2) is 18.2 Å². The Balaban J connectivity index is 1.96. The van der Waals surface area contributed by atoms with Gasteiger partial charge in [-0.2, -0.15) is 0 Å². The van der Waals surface area contributed by atoms with Crippen molar-refractivity contribution in [2.75, 3.05) is 17.2 Å². The summed E-state index contributed by atoms with van der Waals surface area (Å²) >= 11 is 0. The zero-order chi connectivity index (χ0) is 11.9. The lowest BCUT2D eigenvalue weighted by Gasteiger charge is -2.24. The minimum Gasteiger partial charge on any atom is -0.382 e. The number of fused-ring (bicyclic) bond motifs is 1. The summed E-state index contributed by atoms with van der Waals surface area (Å²) in [5, 5.41) is 6.12. The largest absolute Gasteiger partial charge is 0.382 e. The molecule has 0 unspecified atom stereocenters. The second-order valence-corrected chi connectivity index (χ2v) is 4.99. The van der Waals surface area contributed by atoms with E-state index in [9.17, 15) is 9.18 Å². The molecule has 1 saturated carbocycles. The third-order valence-electron chi connectivity index (χ3n) is 3.89. The van der Waals surface area contributed by atoms with Crippen molar-refractivity contribution in [1.29, 1.82) is 0 Å². The van der Waals surface area contributed by atoms with Crippen molar-refractivity contribution in [1.82, 2.24) is 0 Å². The maximum absolute atomic E-state index is 13.1. The number of amides is 1. The molecule has 2 aliphatic rings. The number of hydrogen-bond acceptors (Lipinski definition) is 2. The van der Waals surface area contributed by atoms with E-state index >= 15 is 0 Å². The molecule has 0 bridgehead atoms. The van der Waals surface area contributed by atoms with E-state index in [1.165, 1.54) is 12.1 Å². The van der Waals surface area contributed by atoms with Gasteiger partial charge in [0.2, 0.25) is 5.91 Å². The molecule has 1 aliphatic carbocycles. The highest BCUT2D eigenvalue weighted by atomic mass is 19.1. The highest BCUT2D eigenvalue weighted by molar-refractivity contribution is 6.00. The molecule has 3 nitrogen and oxygen atoms in total. The van der Waals surface area contributed by atoms with E-state index in [0.717, 1.165) is 31.4 Å². The average molecular weight is 234 g/mol. The SMILES string of the molecule is O=C1Nc2cc(F)ccc2NCC12CCCC2. The van der Waals surface area contributed by atoms with E-state index in [-0.39, 0.29) is 17.1 Å². The molecule has 1 aromatic rings. The highest BCUT2D eigenvalue weighted by Gasteiger charge is 2.42. The minimum atomic E-state index is -0.326. The Morgan fingerprint density at radius 3 is 2.71 bits per heavy atom. The first-order valence-corrected chi connectivity index (χ1v) is 6.05. The van der Waals surface area contributed by atoms with E-state index in [1.807, 2.05) is 0 Å². The lowest BCUT2D eigenvalue weighted by atomic mass is 9.85. The van der Waals surface area contributed by atoms with Crippen molar-refractivity contribution < 1.29 is 9.18 Å². The summed E-state index contributed by atoms with van der Waals surface area (Å²) in [7, 11) is 0. The molecule has 0 saturated heterocycles. The summed E-state index contributed by atoms with van der Waals surface area (Å²) in [6, 6.07) is 4.46. The van der Waals surface area contributed by atoms with Crippen LogP contribution >= 0.6 is 0 Å². The van der Waals surface area contributed by atoms with E-state index in [0.29, 0.717) is 12.2 Å². The van der Waals surface area contributed by atoms with Gasteiger partial charge < -0.3 is 10.6 Å². The smallest absolute Gasteiger partial charge is 0.232 e. The van der Waals surface area contributed by atoms with Gasteiger partial charge in [-0.05, 0) is 31.0 Å². The van der Waals surface area contributed by atoms with Crippen LogP contribution in [0.4, 0.5) is 15.8 Å². The van der Waals surface area contributed by atoms with Gasteiger partial charge in [-0.25, -0.2) is 4.39 Å². The highest BCUT2D eigenvalue weighted by Crippen LogP contribution is 2.42. The van der Waals surface area contributed by atoms with Gasteiger partial charge >= 0.3 is 0 Å². The fourth-order valence-corrected chi connectivity index (χ4v) is 2.83. The summed E-state index contributed by atoms with van der Waals surface area (Å²) in [5.41, 5.74) is 1.07. The predicted molar refractivity (Wildman–Crippen MR) is 64.4 cm³/mol. The summed E-state index contributed by atoms with van der Waals surface area (Å²) in [6.07, 6.45) is 4.03. The van der Waals surface area contributed by atoms with Crippen LogP contribution in [0.3, 0.4) is 0 Å². The lowest BCUT2D eigenvalue weighted by Crippen LogP contribution is -2.37. The Morgan fingerprint density at radius 1 is 1.18 bits per heavy atom. The molecule has 1 heterocycles. The standard InChI is InChI=1S/C13H15FN2O/c14-9-3-4-10-11(7-9)16-12(17)13(8-15-10)5-1-2-6-13/h3-4,7,15H,1-2,5-6,8H2,(H,16,17). The molecule has 0 atom stereocenters. The molecule has 0 radical (unpaired) electrons. The van der Waals surface area contributed by atoms with Crippen molar-refractivity contribution in [3.05, 3.63) is 24.0 Å². The monoisotopic (exact) mass is 234 g/mol. The molecule has 1 fully saturated rings. The summed E-state index contributed by atoms with van der Waals surface area (Å²) in [6.45, 7) is 0.650. The van der Waals surface area contributed by atoms with Crippen LogP contribution in [0.2, 0.25) is 0 Å². The van der Waals surface area contributed by atoms with Crippen molar-refractivity contribution in [2.45, 2.75) is 25.7 Å². The number of hydrogen-bond donors (Lipinski definition) is 2. The van der Waals surface area contributed by atoms with Gasteiger partial charge in [0, 0.05) is 6.54 Å². The van der Waals surface area contributed by atoms with E-state index < -0.39 is 0 Å². The molecule has 1 amide bonds. The van der Waals surface area contributed by atoms with Crippen LogP contribution in [0.5, 0.6) is 0 Å². The Bertz CT molecular complexity index is 466. The topological polar surface area (TPSA) is 41.1 Å². The normalized spacial score (nSPS) is 21.6. The minimum absolute atomic E-state index is 0.0341. The Hall–Kier alpha value is -1.58. The van der Waals surface area contributed by atoms with Crippen LogP contribution < -0.4 is 10.6 Å². The Kier molecular flexibility index (Phi) is 2.31. The number of halogens is 1. The Morgan fingerprint density at radius 2 is 1.94 bits per heavy atom. The number of carbonyl (C=O) groups is 1. The van der Waals surface area contributed by atoms with Crippen LogP contribution in [0, 0.1) is 11.2 Å². The second-order valence-electron chi connectivity index (χ2n) is 4.99. The van der Waals surface area contributed by atoms with Gasteiger partial charge in [0.15, 0.2) is 0 Å². The maximum atomic E-state index is 13.1. The molecular weight excluding hydrogens is 219 g/mol. The number of carbonyl (C=O) groups excluding carboxylic acids is 1. The van der Waals surface area contributed by atoms with Crippen molar-refractivity contribution in [2.24, 2.45) is 5.41 Å². The first-order chi connectivity index (χ1) is 8.20. The molecule has 1 aromatic carbocycles. The second kappa shape index (κ2) is 3.72. The van der Waals surface area contributed by atoms with Gasteiger partial charge in [0.05, 0.1) is 16.8 Å². The summed E-state index contributed by atoms with van der Waals surface area (Å²) in [4.78, 5) is 12.2. The number of benzene rings is 1. The molecule has 0 aromatic heterocycles. The molecule has 1 aliphatic heterocycles. The fraction of sp³-hybridized carbons (Fsp3) is 0.462. The molecule has 1 spiro atoms. The molecule has 90 valence electrons. The van der Waals surface area contributed by atoms with Gasteiger partial charge in [-0.1, -0.05) is 12.8 Å². The predicted octanol–water partition coefficient (Wildman–Crippen LogP) is 2.75. The van der Waals surface area contributed by atoms with E-state index in [1.54, 1.807) is 6.07 Å². The molecular formula is C13H15FN2O. The van der Waals surface area contributed by atoms with Gasteiger partial charge in [-0.15, -0.1) is 0 Å². The number of anilines is 2. The molecule has 4 heteroatoms. The van der Waals surface area contributed by atoms with Gasteiger partial charge in [-0.3, -0.25) is 4.79 Å². The van der Waals surface area contributed by atoms with Crippen LogP contribution in [0.25, 0.3) is 0 Å². The van der Waals surface area contributed by atoms with Crippen LogP contribution in [-0.4, -0.2) is 12.5 Å². The number of rotatable bonds is 0.